The van der Waals surface area contributed by atoms with Gasteiger partial charge in [0.05, 0.1) is 17.0 Å². The third-order valence-electron chi connectivity index (χ3n) is 6.08. The predicted octanol–water partition coefficient (Wildman–Crippen LogP) is 3.79. The summed E-state index contributed by atoms with van der Waals surface area (Å²) in [6, 6.07) is 11.0. The summed E-state index contributed by atoms with van der Waals surface area (Å²) in [4.78, 5) is 23.5. The highest BCUT2D eigenvalue weighted by Gasteiger charge is 2.30. The lowest BCUT2D eigenvalue weighted by molar-refractivity contribution is -0.131. The molecular weight excluding hydrogens is 456 g/mol. The first-order valence-corrected chi connectivity index (χ1v) is 13.4. The van der Waals surface area contributed by atoms with Crippen molar-refractivity contribution in [2.45, 2.75) is 37.5 Å². The van der Waals surface area contributed by atoms with Gasteiger partial charge in [-0.05, 0) is 42.2 Å². The van der Waals surface area contributed by atoms with Gasteiger partial charge in [-0.2, -0.15) is 4.31 Å². The smallest absolute Gasteiger partial charge is 0.243 e. The first kappa shape index (κ1) is 23.5. The fraction of sp³-hybridized carbons (Fsp3) is 0.375. The fourth-order valence-corrected chi connectivity index (χ4v) is 6.04. The highest BCUT2D eigenvalue weighted by Crippen LogP contribution is 2.25. The van der Waals surface area contributed by atoms with E-state index in [2.05, 4.69) is 23.8 Å². The third kappa shape index (κ3) is 5.31. The molecule has 33 heavy (non-hydrogen) atoms. The summed E-state index contributed by atoms with van der Waals surface area (Å²) in [6.45, 7) is 5.58. The van der Waals surface area contributed by atoms with E-state index in [1.54, 1.807) is 29.4 Å². The predicted molar refractivity (Wildman–Crippen MR) is 130 cm³/mol. The van der Waals surface area contributed by atoms with Crippen molar-refractivity contribution in [3.63, 3.8) is 0 Å². The second kappa shape index (κ2) is 10.1. The van der Waals surface area contributed by atoms with Crippen LogP contribution in [-0.2, 0) is 21.2 Å². The molecule has 1 unspecified atom stereocenters. The van der Waals surface area contributed by atoms with Crippen LogP contribution in [0.15, 0.2) is 59.1 Å². The van der Waals surface area contributed by atoms with E-state index < -0.39 is 10.0 Å². The standard InChI is InChI=1S/C24H28N4O3S2/c1-3-18(2)19-6-8-22(9-7-19)33(30,31)28-13-11-27(12-14-28)23(29)15-21-17-32-24(26-21)20-5-4-10-25-16-20/h4-10,16-18H,3,11-15H2,1-2H3. The molecule has 0 radical (unpaired) electrons. The molecule has 3 heterocycles. The average Bonchev–Trinajstić information content (AvgIpc) is 3.32. The van der Waals surface area contributed by atoms with Gasteiger partial charge in [-0.25, -0.2) is 13.4 Å². The topological polar surface area (TPSA) is 83.5 Å². The number of thiazole rings is 1. The Labute approximate surface area is 199 Å². The van der Waals surface area contributed by atoms with Crippen molar-refractivity contribution in [1.29, 1.82) is 0 Å². The fourth-order valence-electron chi connectivity index (χ4n) is 3.81. The van der Waals surface area contributed by atoms with Gasteiger partial charge in [-0.3, -0.25) is 9.78 Å². The average molecular weight is 485 g/mol. The van der Waals surface area contributed by atoms with Gasteiger partial charge < -0.3 is 4.90 Å². The van der Waals surface area contributed by atoms with Crippen molar-refractivity contribution in [1.82, 2.24) is 19.2 Å². The maximum atomic E-state index is 13.1. The molecule has 0 N–H and O–H groups in total. The van der Waals surface area contributed by atoms with Crippen LogP contribution in [0.5, 0.6) is 0 Å². The zero-order chi connectivity index (χ0) is 23.4. The molecule has 0 aliphatic carbocycles. The minimum atomic E-state index is -3.57. The van der Waals surface area contributed by atoms with Gasteiger partial charge in [0.15, 0.2) is 0 Å². The van der Waals surface area contributed by atoms with Gasteiger partial charge in [0.1, 0.15) is 5.01 Å². The van der Waals surface area contributed by atoms with Crippen molar-refractivity contribution in [2.24, 2.45) is 0 Å². The Bertz CT molecular complexity index is 1190. The number of aromatic nitrogens is 2. The second-order valence-electron chi connectivity index (χ2n) is 8.23. The largest absolute Gasteiger partial charge is 0.340 e. The highest BCUT2D eigenvalue weighted by molar-refractivity contribution is 7.89. The number of nitrogens with zero attached hydrogens (tertiary/aromatic N) is 4. The summed E-state index contributed by atoms with van der Waals surface area (Å²) < 4.78 is 27.6. The van der Waals surface area contributed by atoms with Crippen molar-refractivity contribution in [3.05, 3.63) is 65.4 Å². The third-order valence-corrected chi connectivity index (χ3v) is 8.94. The molecule has 0 bridgehead atoms. The number of carbonyl (C=O) groups excluding carboxylic acids is 1. The summed E-state index contributed by atoms with van der Waals surface area (Å²) in [5.41, 5.74) is 2.79. The van der Waals surface area contributed by atoms with Crippen molar-refractivity contribution in [3.8, 4) is 10.6 Å². The van der Waals surface area contributed by atoms with Crippen LogP contribution in [0.1, 0.15) is 37.4 Å². The molecule has 1 amide bonds. The number of rotatable bonds is 7. The van der Waals surface area contributed by atoms with Crippen LogP contribution in [0.2, 0.25) is 0 Å². The molecule has 7 nitrogen and oxygen atoms in total. The molecule has 4 rings (SSSR count). The number of amides is 1. The van der Waals surface area contributed by atoms with Gasteiger partial charge >= 0.3 is 0 Å². The number of hydrogen-bond acceptors (Lipinski definition) is 6. The van der Waals surface area contributed by atoms with E-state index in [0.29, 0.717) is 37.0 Å². The summed E-state index contributed by atoms with van der Waals surface area (Å²) in [5.74, 6) is 0.363. The first-order chi connectivity index (χ1) is 15.9. The lowest BCUT2D eigenvalue weighted by Gasteiger charge is -2.34. The van der Waals surface area contributed by atoms with Gasteiger partial charge in [-0.15, -0.1) is 11.3 Å². The van der Waals surface area contributed by atoms with Crippen molar-refractivity contribution < 1.29 is 13.2 Å². The van der Waals surface area contributed by atoms with Crippen LogP contribution in [0.4, 0.5) is 0 Å². The molecule has 0 saturated carbocycles. The van der Waals surface area contributed by atoms with Crippen LogP contribution < -0.4 is 0 Å². The van der Waals surface area contributed by atoms with Crippen LogP contribution in [-0.4, -0.2) is 59.7 Å². The maximum Gasteiger partial charge on any atom is 0.243 e. The van der Waals surface area contributed by atoms with Gasteiger partial charge in [0.25, 0.3) is 0 Å². The second-order valence-corrected chi connectivity index (χ2v) is 11.0. The van der Waals surface area contributed by atoms with Crippen molar-refractivity contribution >= 4 is 27.3 Å². The normalized spacial score (nSPS) is 16.0. The van der Waals surface area contributed by atoms with Crippen molar-refractivity contribution in [2.75, 3.05) is 26.2 Å². The quantitative estimate of drug-likeness (QED) is 0.509. The molecule has 0 spiro atoms. The molecule has 1 aliphatic heterocycles. The summed E-state index contributed by atoms with van der Waals surface area (Å²) in [5, 5.41) is 2.73. The number of benzene rings is 1. The summed E-state index contributed by atoms with van der Waals surface area (Å²) in [7, 11) is -3.57. The number of piperazine rings is 1. The molecule has 9 heteroatoms. The van der Waals surface area contributed by atoms with E-state index in [1.807, 2.05) is 29.6 Å². The molecule has 1 atom stereocenters. The van der Waals surface area contributed by atoms with Gasteiger partial charge in [0.2, 0.25) is 15.9 Å². The van der Waals surface area contributed by atoms with Gasteiger partial charge in [-0.1, -0.05) is 26.0 Å². The van der Waals surface area contributed by atoms with Crippen LogP contribution in [0.25, 0.3) is 10.6 Å². The van der Waals surface area contributed by atoms with Crippen LogP contribution >= 0.6 is 11.3 Å². The molecule has 3 aromatic rings. The SMILES string of the molecule is CCC(C)c1ccc(S(=O)(=O)N2CCN(C(=O)Cc3csc(-c4cccnc4)n3)CC2)cc1. The minimum Gasteiger partial charge on any atom is -0.340 e. The Morgan fingerprint density at radius 1 is 1.12 bits per heavy atom. The Balaban J connectivity index is 1.34. The van der Waals surface area contributed by atoms with E-state index >= 15 is 0 Å². The van der Waals surface area contributed by atoms with Crippen LogP contribution in [0.3, 0.4) is 0 Å². The Morgan fingerprint density at radius 3 is 2.48 bits per heavy atom. The lowest BCUT2D eigenvalue weighted by Crippen LogP contribution is -2.50. The van der Waals surface area contributed by atoms with E-state index in [9.17, 15) is 13.2 Å². The highest BCUT2D eigenvalue weighted by atomic mass is 32.2. The Kier molecular flexibility index (Phi) is 7.21. The summed E-state index contributed by atoms with van der Waals surface area (Å²) in [6.07, 6.45) is 4.68. The molecule has 1 fully saturated rings. The Hall–Kier alpha value is -2.62. The van der Waals surface area contributed by atoms with E-state index in [0.717, 1.165) is 28.2 Å². The molecule has 1 aromatic carbocycles. The number of sulfonamides is 1. The number of hydrogen-bond donors (Lipinski definition) is 0. The first-order valence-electron chi connectivity index (χ1n) is 11.1. The monoisotopic (exact) mass is 484 g/mol. The molecule has 1 aliphatic rings. The van der Waals surface area contributed by atoms with E-state index in [1.165, 1.54) is 15.6 Å². The summed E-state index contributed by atoms with van der Waals surface area (Å²) >= 11 is 1.49. The number of pyridine rings is 1. The van der Waals surface area contributed by atoms with E-state index in [-0.39, 0.29) is 12.3 Å². The van der Waals surface area contributed by atoms with E-state index in [4.69, 9.17) is 0 Å². The maximum absolute atomic E-state index is 13.1. The van der Waals surface area contributed by atoms with Crippen LogP contribution in [0, 0.1) is 0 Å². The molecule has 1 saturated heterocycles. The lowest BCUT2D eigenvalue weighted by atomic mass is 9.99. The molecular formula is C24H28N4O3S2. The minimum absolute atomic E-state index is 0.0343. The molecule has 174 valence electrons. The van der Waals surface area contributed by atoms with Gasteiger partial charge in [0, 0.05) is 49.5 Å². The Morgan fingerprint density at radius 2 is 1.85 bits per heavy atom. The molecule has 2 aromatic heterocycles. The zero-order valence-electron chi connectivity index (χ0n) is 18.8. The number of carbonyl (C=O) groups is 1. The zero-order valence-corrected chi connectivity index (χ0v) is 20.5.